The van der Waals surface area contributed by atoms with Gasteiger partial charge in [-0.1, -0.05) is 25.3 Å². The monoisotopic (exact) mass is 397 g/mol. The Kier molecular flexibility index (Phi) is 4.11. The van der Waals surface area contributed by atoms with E-state index in [4.69, 9.17) is 0 Å². The van der Waals surface area contributed by atoms with Crippen LogP contribution in [0.2, 0.25) is 0 Å². The van der Waals surface area contributed by atoms with E-state index in [1.165, 1.54) is 32.1 Å². The van der Waals surface area contributed by atoms with Crippen molar-refractivity contribution in [3.63, 3.8) is 0 Å². The summed E-state index contributed by atoms with van der Waals surface area (Å²) in [6.07, 6.45) is 18.2. The van der Waals surface area contributed by atoms with Crippen LogP contribution in [0.5, 0.6) is 0 Å². The quantitative estimate of drug-likeness (QED) is 0.448. The Morgan fingerprint density at radius 1 is 0.900 bits per heavy atom. The molecule has 5 aromatic heterocycles. The number of nitrogens with zero attached hydrogens (tertiary/aromatic N) is 7. The molecule has 0 saturated heterocycles. The lowest BCUT2D eigenvalue weighted by Crippen LogP contribution is -2.12. The molecule has 0 aromatic carbocycles. The summed E-state index contributed by atoms with van der Waals surface area (Å²) in [5, 5.41) is 9.24. The lowest BCUT2D eigenvalue weighted by atomic mass is 9.96. The number of pyridine rings is 2. The Labute approximate surface area is 174 Å². The number of aromatic nitrogens is 7. The van der Waals surface area contributed by atoms with Crippen molar-refractivity contribution in [2.24, 2.45) is 0 Å². The van der Waals surface area contributed by atoms with E-state index in [2.05, 4.69) is 41.5 Å². The average molecular weight is 397 g/mol. The summed E-state index contributed by atoms with van der Waals surface area (Å²) in [6.45, 7) is 0.640. The maximum absolute atomic E-state index is 4.66. The summed E-state index contributed by atoms with van der Waals surface area (Å²) in [5.74, 6) is 0. The molecular weight excluding hydrogens is 374 g/mol. The zero-order chi connectivity index (χ0) is 19.9. The first-order valence-corrected chi connectivity index (χ1v) is 10.6. The summed E-state index contributed by atoms with van der Waals surface area (Å²) < 4.78 is 6.24. The van der Waals surface area contributed by atoms with Crippen molar-refractivity contribution < 1.29 is 0 Å². The fraction of sp³-hybridized carbons (Fsp3) is 0.304. The first-order valence-electron chi connectivity index (χ1n) is 10.6. The summed E-state index contributed by atoms with van der Waals surface area (Å²) in [7, 11) is 0. The molecule has 0 N–H and O–H groups in total. The van der Waals surface area contributed by atoms with Crippen molar-refractivity contribution in [1.82, 2.24) is 33.9 Å². The topological polar surface area (TPSA) is 65.8 Å². The third-order valence-electron chi connectivity index (χ3n) is 6.18. The van der Waals surface area contributed by atoms with E-state index in [0.717, 1.165) is 33.5 Å². The zero-order valence-electron chi connectivity index (χ0n) is 16.7. The van der Waals surface area contributed by atoms with Gasteiger partial charge in [0.1, 0.15) is 11.2 Å². The number of hydrogen-bond donors (Lipinski definition) is 0. The molecule has 0 amide bonds. The minimum Gasteiger partial charge on any atom is -0.302 e. The van der Waals surface area contributed by atoms with E-state index in [-0.39, 0.29) is 0 Å². The largest absolute Gasteiger partial charge is 0.302 e. The summed E-state index contributed by atoms with van der Waals surface area (Å²) in [4.78, 5) is 9.14. The standard InChI is InChI=1S/C23H23N7/c1-2-6-19(7-3-1)29-15-18(12-26-29)17-10-22-21(24-11-17)14-27-30(22)16-20-13-25-23-8-4-5-9-28(20)23/h4-5,8-15,19H,1-3,6-7,16H2. The van der Waals surface area contributed by atoms with Crippen LogP contribution >= 0.6 is 0 Å². The molecule has 0 unspecified atom stereocenters. The van der Waals surface area contributed by atoms with Crippen LogP contribution in [-0.4, -0.2) is 33.9 Å². The highest BCUT2D eigenvalue weighted by molar-refractivity contribution is 5.80. The molecule has 0 radical (unpaired) electrons. The average Bonchev–Trinajstić information content (AvgIpc) is 3.54. The molecule has 1 fully saturated rings. The Balaban J connectivity index is 1.33. The SMILES string of the molecule is c1ccn2c(Cn3ncc4ncc(-c5cnn(C6CCCCC6)c5)cc43)cnc2c1. The third kappa shape index (κ3) is 2.98. The van der Waals surface area contributed by atoms with Gasteiger partial charge in [-0.3, -0.25) is 14.3 Å². The maximum Gasteiger partial charge on any atom is 0.136 e. The van der Waals surface area contributed by atoms with Crippen LogP contribution in [0.3, 0.4) is 0 Å². The molecule has 7 nitrogen and oxygen atoms in total. The fourth-order valence-electron chi connectivity index (χ4n) is 4.53. The van der Waals surface area contributed by atoms with Crippen molar-refractivity contribution in [2.45, 2.75) is 44.7 Å². The van der Waals surface area contributed by atoms with Gasteiger partial charge in [-0.05, 0) is 31.0 Å². The molecule has 0 aliphatic heterocycles. The highest BCUT2D eigenvalue weighted by Gasteiger charge is 2.17. The molecule has 6 rings (SSSR count). The van der Waals surface area contributed by atoms with E-state index in [1.54, 1.807) is 0 Å². The Hall–Kier alpha value is -3.48. The molecule has 1 aliphatic carbocycles. The van der Waals surface area contributed by atoms with E-state index in [0.29, 0.717) is 12.6 Å². The van der Waals surface area contributed by atoms with Crippen molar-refractivity contribution in [1.29, 1.82) is 0 Å². The van der Waals surface area contributed by atoms with Gasteiger partial charge < -0.3 is 4.40 Å². The van der Waals surface area contributed by atoms with Crippen LogP contribution in [0.4, 0.5) is 0 Å². The number of rotatable bonds is 4. The van der Waals surface area contributed by atoms with E-state index in [1.807, 2.05) is 53.9 Å². The summed E-state index contributed by atoms with van der Waals surface area (Å²) >= 11 is 0. The minimum atomic E-state index is 0.532. The summed E-state index contributed by atoms with van der Waals surface area (Å²) in [5.41, 5.74) is 6.13. The van der Waals surface area contributed by atoms with Crippen LogP contribution in [0.25, 0.3) is 27.8 Å². The second-order valence-electron chi connectivity index (χ2n) is 8.11. The molecule has 0 spiro atoms. The predicted molar refractivity (Wildman–Crippen MR) is 115 cm³/mol. The van der Waals surface area contributed by atoms with E-state index < -0.39 is 0 Å². The molecule has 7 heteroatoms. The van der Waals surface area contributed by atoms with Gasteiger partial charge in [0.15, 0.2) is 0 Å². The first-order chi connectivity index (χ1) is 14.8. The molecule has 150 valence electrons. The maximum atomic E-state index is 4.66. The van der Waals surface area contributed by atoms with Gasteiger partial charge in [-0.15, -0.1) is 0 Å². The van der Waals surface area contributed by atoms with Gasteiger partial charge in [0.25, 0.3) is 0 Å². The fourth-order valence-corrected chi connectivity index (χ4v) is 4.53. The van der Waals surface area contributed by atoms with Crippen molar-refractivity contribution >= 4 is 16.7 Å². The molecular formula is C23H23N7. The Bertz CT molecular complexity index is 1320. The highest BCUT2D eigenvalue weighted by atomic mass is 15.3. The Morgan fingerprint density at radius 2 is 1.83 bits per heavy atom. The molecule has 0 bridgehead atoms. The Morgan fingerprint density at radius 3 is 2.77 bits per heavy atom. The number of hydrogen-bond acceptors (Lipinski definition) is 4. The van der Waals surface area contributed by atoms with Crippen molar-refractivity contribution in [3.8, 4) is 11.1 Å². The predicted octanol–water partition coefficient (Wildman–Crippen LogP) is 4.50. The van der Waals surface area contributed by atoms with Crippen LogP contribution in [0, 0.1) is 0 Å². The van der Waals surface area contributed by atoms with E-state index in [9.17, 15) is 0 Å². The molecule has 30 heavy (non-hydrogen) atoms. The second kappa shape index (κ2) is 7.09. The lowest BCUT2D eigenvalue weighted by molar-refractivity contribution is 0.329. The van der Waals surface area contributed by atoms with Gasteiger partial charge in [-0.25, -0.2) is 4.98 Å². The van der Waals surface area contributed by atoms with Crippen molar-refractivity contribution in [3.05, 3.63) is 67.1 Å². The molecule has 1 aliphatic rings. The minimum absolute atomic E-state index is 0.532. The van der Waals surface area contributed by atoms with Crippen LogP contribution < -0.4 is 0 Å². The van der Waals surface area contributed by atoms with E-state index >= 15 is 0 Å². The summed E-state index contributed by atoms with van der Waals surface area (Å²) in [6, 6.07) is 8.72. The van der Waals surface area contributed by atoms with Gasteiger partial charge in [0.05, 0.1) is 42.4 Å². The number of imidazole rings is 1. The normalized spacial score (nSPS) is 15.3. The van der Waals surface area contributed by atoms with Gasteiger partial charge >= 0.3 is 0 Å². The first kappa shape index (κ1) is 17.4. The van der Waals surface area contributed by atoms with Crippen LogP contribution in [0.1, 0.15) is 43.8 Å². The molecule has 1 saturated carbocycles. The van der Waals surface area contributed by atoms with Gasteiger partial charge in [0, 0.05) is 29.7 Å². The van der Waals surface area contributed by atoms with Gasteiger partial charge in [-0.2, -0.15) is 10.2 Å². The van der Waals surface area contributed by atoms with Crippen LogP contribution in [-0.2, 0) is 6.54 Å². The number of fused-ring (bicyclic) bond motifs is 2. The third-order valence-corrected chi connectivity index (χ3v) is 6.18. The van der Waals surface area contributed by atoms with Crippen molar-refractivity contribution in [2.75, 3.05) is 0 Å². The smallest absolute Gasteiger partial charge is 0.136 e. The van der Waals surface area contributed by atoms with Crippen LogP contribution in [0.15, 0.2) is 61.4 Å². The molecule has 5 heterocycles. The zero-order valence-corrected chi connectivity index (χ0v) is 16.7. The molecule has 5 aromatic rings. The highest BCUT2D eigenvalue weighted by Crippen LogP contribution is 2.30. The second-order valence-corrected chi connectivity index (χ2v) is 8.11. The van der Waals surface area contributed by atoms with Gasteiger partial charge in [0.2, 0.25) is 0 Å². The lowest BCUT2D eigenvalue weighted by Gasteiger charge is -2.21. The molecule has 0 atom stereocenters.